The summed E-state index contributed by atoms with van der Waals surface area (Å²) in [5.41, 5.74) is -0.165. The van der Waals surface area contributed by atoms with Crippen molar-refractivity contribution in [2.24, 2.45) is 0 Å². The van der Waals surface area contributed by atoms with Crippen LogP contribution in [0.15, 0.2) is 0 Å². The third-order valence-corrected chi connectivity index (χ3v) is 5.17. The number of ether oxygens (including phenoxy) is 1. The highest BCUT2D eigenvalue weighted by molar-refractivity contribution is 5.92. The molecule has 4 unspecified atom stereocenters. The maximum atomic E-state index is 12.6. The monoisotopic (exact) mass is 250 g/mol. The maximum Gasteiger partial charge on any atom is 0.244 e. The zero-order chi connectivity index (χ0) is 12.3. The van der Waals surface area contributed by atoms with Gasteiger partial charge in [0.25, 0.3) is 0 Å². The van der Waals surface area contributed by atoms with Crippen molar-refractivity contribution in [3.05, 3.63) is 0 Å². The summed E-state index contributed by atoms with van der Waals surface area (Å²) in [6.07, 6.45) is 8.66. The molecule has 1 spiro atoms. The van der Waals surface area contributed by atoms with Gasteiger partial charge in [-0.1, -0.05) is 13.3 Å². The molecular formula is C14H22N2O2. The minimum absolute atomic E-state index is 0.165. The summed E-state index contributed by atoms with van der Waals surface area (Å²) in [4.78, 5) is 14.8. The average molecular weight is 250 g/mol. The fraction of sp³-hybridized carbons (Fsp3) is 0.929. The van der Waals surface area contributed by atoms with Crippen LogP contribution in [0, 0.1) is 0 Å². The summed E-state index contributed by atoms with van der Waals surface area (Å²) in [7, 11) is 0. The Morgan fingerprint density at radius 2 is 2.28 bits per heavy atom. The minimum Gasteiger partial charge on any atom is -0.373 e. The van der Waals surface area contributed by atoms with E-state index in [-0.39, 0.29) is 11.7 Å². The number of nitrogens with one attached hydrogen (secondary N) is 1. The average Bonchev–Trinajstić information content (AvgIpc) is 2.73. The van der Waals surface area contributed by atoms with Crippen molar-refractivity contribution in [3.8, 4) is 0 Å². The van der Waals surface area contributed by atoms with Gasteiger partial charge in [-0.3, -0.25) is 10.1 Å². The molecule has 4 rings (SSSR count). The normalized spacial score (nSPS) is 44.3. The first-order valence-electron chi connectivity index (χ1n) is 7.49. The van der Waals surface area contributed by atoms with Crippen LogP contribution in [0.5, 0.6) is 0 Å². The molecule has 4 aliphatic rings. The van der Waals surface area contributed by atoms with Gasteiger partial charge in [0, 0.05) is 0 Å². The highest BCUT2D eigenvalue weighted by Gasteiger charge is 2.62. The molecule has 18 heavy (non-hydrogen) atoms. The second-order valence-electron chi connectivity index (χ2n) is 6.42. The quantitative estimate of drug-likeness (QED) is 0.823. The molecule has 4 atom stereocenters. The highest BCUT2D eigenvalue weighted by Crippen LogP contribution is 2.47. The molecule has 4 heteroatoms. The van der Waals surface area contributed by atoms with Gasteiger partial charge in [-0.05, 0) is 38.5 Å². The van der Waals surface area contributed by atoms with Gasteiger partial charge >= 0.3 is 0 Å². The van der Waals surface area contributed by atoms with E-state index in [1.165, 1.54) is 6.42 Å². The number of carbonyl (C=O) groups is 1. The first kappa shape index (κ1) is 11.2. The molecule has 1 saturated carbocycles. The molecule has 0 aromatic heterocycles. The topological polar surface area (TPSA) is 41.6 Å². The molecule has 0 aromatic carbocycles. The van der Waals surface area contributed by atoms with E-state index in [1.54, 1.807) is 0 Å². The van der Waals surface area contributed by atoms with Gasteiger partial charge in [-0.2, -0.15) is 0 Å². The lowest BCUT2D eigenvalue weighted by Crippen LogP contribution is -2.49. The fourth-order valence-electron chi connectivity index (χ4n) is 4.09. The van der Waals surface area contributed by atoms with E-state index in [1.807, 2.05) is 0 Å². The SMILES string of the molecule is CCCC1NC2(CC2)C(=O)N1C1CC2CCC1O2. The van der Waals surface area contributed by atoms with Gasteiger partial charge in [-0.25, -0.2) is 0 Å². The molecule has 100 valence electrons. The highest BCUT2D eigenvalue weighted by atomic mass is 16.5. The van der Waals surface area contributed by atoms with Crippen molar-refractivity contribution >= 4 is 5.91 Å². The van der Waals surface area contributed by atoms with Crippen LogP contribution >= 0.6 is 0 Å². The van der Waals surface area contributed by atoms with Gasteiger partial charge in [0.1, 0.15) is 0 Å². The minimum atomic E-state index is -0.165. The van der Waals surface area contributed by atoms with Crippen molar-refractivity contribution in [1.82, 2.24) is 10.2 Å². The van der Waals surface area contributed by atoms with Gasteiger partial charge < -0.3 is 9.64 Å². The molecule has 4 fully saturated rings. The van der Waals surface area contributed by atoms with Crippen molar-refractivity contribution in [2.45, 2.75) is 81.8 Å². The van der Waals surface area contributed by atoms with Crippen molar-refractivity contribution < 1.29 is 9.53 Å². The first-order valence-corrected chi connectivity index (χ1v) is 7.49. The third kappa shape index (κ3) is 1.42. The molecule has 1 amide bonds. The number of hydrogen-bond acceptors (Lipinski definition) is 3. The van der Waals surface area contributed by atoms with Gasteiger partial charge in [0.15, 0.2) is 0 Å². The van der Waals surface area contributed by atoms with Crippen LogP contribution in [-0.2, 0) is 9.53 Å². The van der Waals surface area contributed by atoms with Crippen molar-refractivity contribution in [1.29, 1.82) is 0 Å². The zero-order valence-corrected chi connectivity index (χ0v) is 11.0. The Morgan fingerprint density at radius 3 is 2.83 bits per heavy atom. The maximum absolute atomic E-state index is 12.6. The Hall–Kier alpha value is -0.610. The molecule has 1 aliphatic carbocycles. The molecule has 3 heterocycles. The molecule has 4 nitrogen and oxygen atoms in total. The van der Waals surface area contributed by atoms with Crippen LogP contribution in [-0.4, -0.2) is 40.8 Å². The van der Waals surface area contributed by atoms with Crippen LogP contribution in [0.1, 0.15) is 51.9 Å². The number of carbonyl (C=O) groups excluding carboxylic acids is 1. The van der Waals surface area contributed by atoms with Crippen molar-refractivity contribution in [3.63, 3.8) is 0 Å². The zero-order valence-electron chi connectivity index (χ0n) is 11.0. The van der Waals surface area contributed by atoms with Gasteiger partial charge in [-0.15, -0.1) is 0 Å². The largest absolute Gasteiger partial charge is 0.373 e. The lowest BCUT2D eigenvalue weighted by atomic mass is 9.93. The van der Waals surface area contributed by atoms with E-state index >= 15 is 0 Å². The van der Waals surface area contributed by atoms with Crippen LogP contribution in [0.25, 0.3) is 0 Å². The predicted molar refractivity (Wildman–Crippen MR) is 66.9 cm³/mol. The summed E-state index contributed by atoms with van der Waals surface area (Å²) >= 11 is 0. The Bertz CT molecular complexity index is 380. The third-order valence-electron chi connectivity index (χ3n) is 5.17. The van der Waals surface area contributed by atoms with Crippen molar-refractivity contribution in [2.75, 3.05) is 0 Å². The van der Waals surface area contributed by atoms with E-state index in [9.17, 15) is 4.79 Å². The van der Waals surface area contributed by atoms with Crippen LogP contribution < -0.4 is 5.32 Å². The molecule has 3 aliphatic heterocycles. The van der Waals surface area contributed by atoms with Gasteiger partial charge in [0.2, 0.25) is 5.91 Å². The number of fused-ring (bicyclic) bond motifs is 2. The number of hydrogen-bond donors (Lipinski definition) is 1. The standard InChI is InChI=1S/C14H22N2O2/c1-2-3-12-15-14(6-7-14)13(17)16(12)10-8-9-4-5-11(10)18-9/h9-12,15H,2-8H2,1H3. The number of amides is 1. The molecular weight excluding hydrogens is 228 g/mol. The van der Waals surface area contributed by atoms with E-state index in [0.717, 1.165) is 38.5 Å². The second kappa shape index (κ2) is 3.70. The Labute approximate surface area is 108 Å². The van der Waals surface area contributed by atoms with E-state index < -0.39 is 0 Å². The van der Waals surface area contributed by atoms with Crippen LogP contribution in [0.3, 0.4) is 0 Å². The van der Waals surface area contributed by atoms with E-state index in [2.05, 4.69) is 17.1 Å². The fourth-order valence-corrected chi connectivity index (χ4v) is 4.09. The summed E-state index contributed by atoms with van der Waals surface area (Å²) in [5.74, 6) is 0.363. The molecule has 0 radical (unpaired) electrons. The molecule has 3 saturated heterocycles. The summed E-state index contributed by atoms with van der Waals surface area (Å²) < 4.78 is 5.94. The molecule has 0 aromatic rings. The van der Waals surface area contributed by atoms with E-state index in [4.69, 9.17) is 4.74 Å². The summed E-state index contributed by atoms with van der Waals surface area (Å²) in [6.45, 7) is 2.19. The number of rotatable bonds is 3. The second-order valence-corrected chi connectivity index (χ2v) is 6.42. The summed E-state index contributed by atoms with van der Waals surface area (Å²) in [5, 5.41) is 3.60. The van der Waals surface area contributed by atoms with Crippen LogP contribution in [0.4, 0.5) is 0 Å². The Balaban J connectivity index is 1.59. The Kier molecular flexibility index (Phi) is 2.31. The van der Waals surface area contributed by atoms with Gasteiger partial charge in [0.05, 0.1) is 30.0 Å². The smallest absolute Gasteiger partial charge is 0.244 e. The summed E-state index contributed by atoms with van der Waals surface area (Å²) in [6, 6.07) is 0.347. The predicted octanol–water partition coefficient (Wildman–Crippen LogP) is 1.40. The molecule has 1 N–H and O–H groups in total. The number of nitrogens with zero attached hydrogens (tertiary/aromatic N) is 1. The van der Waals surface area contributed by atoms with Crippen LogP contribution in [0.2, 0.25) is 0 Å². The van der Waals surface area contributed by atoms with E-state index in [0.29, 0.717) is 24.2 Å². The lowest BCUT2D eigenvalue weighted by molar-refractivity contribution is -0.134. The first-order chi connectivity index (χ1) is 8.73. The Morgan fingerprint density at radius 1 is 1.44 bits per heavy atom. The lowest BCUT2D eigenvalue weighted by Gasteiger charge is -2.33. The molecule has 2 bridgehead atoms.